The zero-order valence-electron chi connectivity index (χ0n) is 15.2. The molecule has 0 unspecified atom stereocenters. The first kappa shape index (κ1) is 19.1. The predicted molar refractivity (Wildman–Crippen MR) is 103 cm³/mol. The number of nitrogens with zero attached hydrogens (tertiary/aromatic N) is 1. The van der Waals surface area contributed by atoms with Gasteiger partial charge in [-0.05, 0) is 55.2 Å². The lowest BCUT2D eigenvalue weighted by molar-refractivity contribution is 0.472. The highest BCUT2D eigenvalue weighted by atomic mass is 32.2. The number of rotatable bonds is 6. The van der Waals surface area contributed by atoms with Crippen molar-refractivity contribution in [3.63, 3.8) is 0 Å². The van der Waals surface area contributed by atoms with Crippen molar-refractivity contribution in [2.75, 3.05) is 10.8 Å². The molecule has 0 amide bonds. The third-order valence-electron chi connectivity index (χ3n) is 3.84. The Morgan fingerprint density at radius 1 is 1.12 bits per heavy atom. The van der Waals surface area contributed by atoms with Crippen molar-refractivity contribution in [1.82, 2.24) is 0 Å². The predicted octanol–water partition coefficient (Wildman–Crippen LogP) is 4.50. The van der Waals surface area contributed by atoms with E-state index in [9.17, 15) is 13.5 Å². The van der Waals surface area contributed by atoms with Crippen molar-refractivity contribution in [1.29, 1.82) is 0 Å². The van der Waals surface area contributed by atoms with Crippen LogP contribution in [0.3, 0.4) is 0 Å². The van der Waals surface area contributed by atoms with Gasteiger partial charge < -0.3 is 5.11 Å². The topological polar surface area (TPSA) is 57.6 Å². The quantitative estimate of drug-likeness (QED) is 0.826. The van der Waals surface area contributed by atoms with Crippen molar-refractivity contribution in [2.45, 2.75) is 32.6 Å². The second-order valence-corrected chi connectivity index (χ2v) is 8.56. The summed E-state index contributed by atoms with van der Waals surface area (Å²) in [6, 6.07) is 10.1. The highest BCUT2D eigenvalue weighted by molar-refractivity contribution is 7.92. The van der Waals surface area contributed by atoms with E-state index in [-0.39, 0.29) is 16.6 Å². The monoisotopic (exact) mass is 359 g/mol. The molecule has 0 aromatic heterocycles. The Morgan fingerprint density at radius 2 is 1.72 bits per heavy atom. The molecule has 0 fully saturated rings. The van der Waals surface area contributed by atoms with E-state index in [4.69, 9.17) is 0 Å². The fourth-order valence-corrected chi connectivity index (χ4v) is 4.38. The van der Waals surface area contributed by atoms with Gasteiger partial charge in [-0.1, -0.05) is 32.6 Å². The largest absolute Gasteiger partial charge is 0.507 e. The number of aryl methyl sites for hydroxylation is 2. The van der Waals surface area contributed by atoms with Gasteiger partial charge in [0, 0.05) is 18.2 Å². The number of hydrogen-bond acceptors (Lipinski definition) is 3. The Kier molecular flexibility index (Phi) is 5.58. The summed E-state index contributed by atoms with van der Waals surface area (Å²) in [5.74, 6) is 0.0534. The average molecular weight is 359 g/mol. The molecular weight excluding hydrogens is 334 g/mol. The Hall–Kier alpha value is -2.27. The average Bonchev–Trinajstić information content (AvgIpc) is 2.51. The molecule has 4 nitrogen and oxygen atoms in total. The van der Waals surface area contributed by atoms with E-state index < -0.39 is 10.0 Å². The lowest BCUT2D eigenvalue weighted by atomic mass is 10.1. The summed E-state index contributed by atoms with van der Waals surface area (Å²) in [4.78, 5) is 0.0652. The minimum absolute atomic E-state index is 0.0652. The van der Waals surface area contributed by atoms with E-state index in [2.05, 4.69) is 6.58 Å². The van der Waals surface area contributed by atoms with Gasteiger partial charge in [-0.2, -0.15) is 0 Å². The summed E-state index contributed by atoms with van der Waals surface area (Å²) in [6.45, 7) is 11.8. The Bertz CT molecular complexity index is 866. The first-order chi connectivity index (χ1) is 11.6. The minimum atomic E-state index is -3.79. The fourth-order valence-electron chi connectivity index (χ4n) is 2.75. The van der Waals surface area contributed by atoms with Crippen LogP contribution in [0.4, 0.5) is 5.69 Å². The number of benzene rings is 2. The number of anilines is 1. The van der Waals surface area contributed by atoms with Crippen LogP contribution in [-0.4, -0.2) is 20.1 Å². The van der Waals surface area contributed by atoms with Crippen LogP contribution in [0.5, 0.6) is 5.75 Å². The van der Waals surface area contributed by atoms with Gasteiger partial charge in [-0.3, -0.25) is 4.31 Å². The fraction of sp³-hybridized carbons (Fsp3) is 0.300. The molecule has 2 aromatic carbocycles. The normalized spacial score (nSPS) is 11.6. The van der Waals surface area contributed by atoms with Crippen LogP contribution in [0.15, 0.2) is 47.9 Å². The Labute approximate surface area is 150 Å². The third kappa shape index (κ3) is 4.23. The summed E-state index contributed by atoms with van der Waals surface area (Å²) in [5, 5.41) is 10.0. The molecule has 0 spiro atoms. The van der Waals surface area contributed by atoms with Gasteiger partial charge in [0.25, 0.3) is 10.0 Å². The number of hydrogen-bond donors (Lipinski definition) is 1. The number of sulfonamides is 1. The van der Waals surface area contributed by atoms with Gasteiger partial charge in [0.05, 0.1) is 10.6 Å². The van der Waals surface area contributed by atoms with Crippen LogP contribution < -0.4 is 4.31 Å². The smallest absolute Gasteiger partial charge is 0.264 e. The van der Waals surface area contributed by atoms with Crippen LogP contribution in [0.25, 0.3) is 6.08 Å². The molecule has 0 bridgehead atoms. The lowest BCUT2D eigenvalue weighted by Crippen LogP contribution is -2.34. The van der Waals surface area contributed by atoms with E-state index in [1.165, 1.54) is 22.5 Å². The summed E-state index contributed by atoms with van der Waals surface area (Å²) in [6.07, 6.45) is 1.49. The molecule has 25 heavy (non-hydrogen) atoms. The van der Waals surface area contributed by atoms with E-state index >= 15 is 0 Å². The van der Waals surface area contributed by atoms with Gasteiger partial charge in [0.1, 0.15) is 5.75 Å². The standard InChI is InChI=1S/C20H25NO3S/c1-6-17-7-8-19(12-20(17)22)25(23,24)21(13-14(2)3)18-10-15(4)9-16(5)11-18/h6-12,14,22H,1,13H2,2-5H3. The van der Waals surface area contributed by atoms with E-state index in [1.54, 1.807) is 6.07 Å². The van der Waals surface area contributed by atoms with Gasteiger partial charge >= 0.3 is 0 Å². The van der Waals surface area contributed by atoms with Crippen LogP contribution in [-0.2, 0) is 10.0 Å². The van der Waals surface area contributed by atoms with Crippen molar-refractivity contribution < 1.29 is 13.5 Å². The molecule has 0 aliphatic heterocycles. The maximum atomic E-state index is 13.2. The maximum absolute atomic E-state index is 13.2. The summed E-state index contributed by atoms with van der Waals surface area (Å²) in [7, 11) is -3.79. The molecule has 0 saturated carbocycles. The Morgan fingerprint density at radius 3 is 2.20 bits per heavy atom. The van der Waals surface area contributed by atoms with E-state index in [1.807, 2.05) is 45.9 Å². The van der Waals surface area contributed by atoms with Crippen molar-refractivity contribution in [3.05, 3.63) is 59.7 Å². The lowest BCUT2D eigenvalue weighted by Gasteiger charge is -2.27. The molecule has 0 aliphatic rings. The summed E-state index contributed by atoms with van der Waals surface area (Å²) >= 11 is 0. The van der Waals surface area contributed by atoms with Crippen molar-refractivity contribution in [3.8, 4) is 5.75 Å². The molecule has 0 saturated heterocycles. The molecule has 0 radical (unpaired) electrons. The molecule has 0 atom stereocenters. The number of phenols is 1. The van der Waals surface area contributed by atoms with Crippen molar-refractivity contribution >= 4 is 21.8 Å². The molecule has 134 valence electrons. The molecule has 1 N–H and O–H groups in total. The minimum Gasteiger partial charge on any atom is -0.507 e. The zero-order chi connectivity index (χ0) is 18.8. The highest BCUT2D eigenvalue weighted by Gasteiger charge is 2.26. The zero-order valence-corrected chi connectivity index (χ0v) is 16.0. The van der Waals surface area contributed by atoms with Crippen LogP contribution in [0.2, 0.25) is 0 Å². The Balaban J connectivity index is 2.59. The highest BCUT2D eigenvalue weighted by Crippen LogP contribution is 2.30. The van der Waals surface area contributed by atoms with E-state index in [0.717, 1.165) is 11.1 Å². The molecule has 0 heterocycles. The SMILES string of the molecule is C=Cc1ccc(S(=O)(=O)N(CC(C)C)c2cc(C)cc(C)c2)cc1O. The van der Waals surface area contributed by atoms with Gasteiger partial charge in [-0.25, -0.2) is 8.42 Å². The maximum Gasteiger partial charge on any atom is 0.264 e. The number of aromatic hydroxyl groups is 1. The third-order valence-corrected chi connectivity index (χ3v) is 5.63. The number of phenolic OH excluding ortho intramolecular Hbond substituents is 1. The van der Waals surface area contributed by atoms with Gasteiger partial charge in [0.15, 0.2) is 0 Å². The second kappa shape index (κ2) is 7.31. The summed E-state index contributed by atoms with van der Waals surface area (Å²) in [5.41, 5.74) is 3.15. The van der Waals surface area contributed by atoms with Gasteiger partial charge in [-0.15, -0.1) is 0 Å². The molecule has 0 aliphatic carbocycles. The first-order valence-corrected chi connectivity index (χ1v) is 9.65. The van der Waals surface area contributed by atoms with Gasteiger partial charge in [0.2, 0.25) is 0 Å². The second-order valence-electron chi connectivity index (χ2n) is 6.70. The molecular formula is C20H25NO3S. The molecule has 2 aromatic rings. The summed E-state index contributed by atoms with van der Waals surface area (Å²) < 4.78 is 27.9. The molecule has 5 heteroatoms. The van der Waals surface area contributed by atoms with Crippen LogP contribution in [0.1, 0.15) is 30.5 Å². The molecule has 2 rings (SSSR count). The first-order valence-electron chi connectivity index (χ1n) is 8.21. The van der Waals surface area contributed by atoms with Crippen molar-refractivity contribution in [2.24, 2.45) is 5.92 Å². The van der Waals surface area contributed by atoms with Crippen LogP contribution in [0, 0.1) is 19.8 Å². The van der Waals surface area contributed by atoms with E-state index in [0.29, 0.717) is 17.8 Å². The van der Waals surface area contributed by atoms with Crippen LogP contribution >= 0.6 is 0 Å².